The number of rotatable bonds is 1. The smallest absolute Gasteiger partial charge is 0.420 e. The number of benzene rings is 1. The van der Waals surface area contributed by atoms with E-state index >= 15 is 0 Å². The fraction of sp³-hybridized carbons (Fsp3) is 0.100. The fourth-order valence-electron chi connectivity index (χ4n) is 1.49. The molecule has 0 aliphatic carbocycles. The molecule has 0 saturated heterocycles. The number of furan rings is 1. The second-order valence-electron chi connectivity index (χ2n) is 3.07. The van der Waals surface area contributed by atoms with Gasteiger partial charge in [-0.1, -0.05) is 6.07 Å². The van der Waals surface area contributed by atoms with Crippen molar-refractivity contribution in [2.75, 3.05) is 0 Å². The van der Waals surface area contributed by atoms with Crippen molar-refractivity contribution in [1.29, 1.82) is 0 Å². The van der Waals surface area contributed by atoms with E-state index in [4.69, 9.17) is 0 Å². The van der Waals surface area contributed by atoms with E-state index in [2.05, 4.69) is 4.42 Å². The van der Waals surface area contributed by atoms with Crippen LogP contribution in [-0.2, 0) is 6.18 Å². The lowest BCUT2D eigenvalue weighted by atomic mass is 10.1. The molecule has 1 aromatic carbocycles. The van der Waals surface area contributed by atoms with Gasteiger partial charge >= 0.3 is 6.18 Å². The summed E-state index contributed by atoms with van der Waals surface area (Å²) in [5, 5.41) is -0.711. The number of halogens is 4. The molecule has 84 valence electrons. The predicted octanol–water partition coefficient (Wildman–Crippen LogP) is 3.40. The molecule has 0 fully saturated rings. The van der Waals surface area contributed by atoms with Gasteiger partial charge in [-0.2, -0.15) is 13.2 Å². The number of carbonyl (C=O) groups is 1. The van der Waals surface area contributed by atoms with E-state index in [0.29, 0.717) is 0 Å². The third-order valence-electron chi connectivity index (χ3n) is 2.08. The molecule has 6 heteroatoms. The van der Waals surface area contributed by atoms with E-state index in [-0.39, 0.29) is 11.9 Å². The molecule has 0 aliphatic rings. The van der Waals surface area contributed by atoms with Crippen LogP contribution >= 0.6 is 0 Å². The molecule has 2 nitrogen and oxygen atoms in total. The average molecular weight is 232 g/mol. The van der Waals surface area contributed by atoms with Crippen LogP contribution in [0.5, 0.6) is 0 Å². The summed E-state index contributed by atoms with van der Waals surface area (Å²) in [5.41, 5.74) is -1.66. The maximum atomic E-state index is 13.3. The average Bonchev–Trinajstić information content (AvgIpc) is 2.57. The molecule has 1 heterocycles. The first-order valence-corrected chi connectivity index (χ1v) is 4.18. The summed E-state index contributed by atoms with van der Waals surface area (Å²) in [7, 11) is 0. The van der Waals surface area contributed by atoms with Crippen LogP contribution in [0.4, 0.5) is 17.6 Å². The molecule has 0 atom stereocenters. The first-order chi connectivity index (χ1) is 7.45. The molecule has 0 amide bonds. The number of hydrogen-bond acceptors (Lipinski definition) is 2. The SMILES string of the molecule is O=Cc1oc2cccc(F)c2c1C(F)(F)F. The number of aldehydes is 1. The summed E-state index contributed by atoms with van der Waals surface area (Å²) >= 11 is 0. The molecule has 0 bridgehead atoms. The van der Waals surface area contributed by atoms with Crippen molar-refractivity contribution >= 4 is 17.3 Å². The van der Waals surface area contributed by atoms with Gasteiger partial charge in [0.2, 0.25) is 0 Å². The zero-order valence-corrected chi connectivity index (χ0v) is 7.64. The first-order valence-electron chi connectivity index (χ1n) is 4.18. The van der Waals surface area contributed by atoms with Crippen molar-refractivity contribution in [3.63, 3.8) is 0 Å². The lowest BCUT2D eigenvalue weighted by Gasteiger charge is -2.04. The van der Waals surface area contributed by atoms with Crippen LogP contribution in [0.15, 0.2) is 22.6 Å². The van der Waals surface area contributed by atoms with E-state index < -0.39 is 28.7 Å². The van der Waals surface area contributed by atoms with Crippen molar-refractivity contribution in [3.8, 4) is 0 Å². The summed E-state index contributed by atoms with van der Waals surface area (Å²) in [6, 6.07) is 3.25. The molecule has 1 aromatic heterocycles. The van der Waals surface area contributed by atoms with Crippen LogP contribution in [0.1, 0.15) is 16.1 Å². The van der Waals surface area contributed by atoms with Crippen LogP contribution in [0.25, 0.3) is 11.0 Å². The number of alkyl halides is 3. The number of hydrogen-bond donors (Lipinski definition) is 0. The highest BCUT2D eigenvalue weighted by Crippen LogP contribution is 2.39. The minimum atomic E-state index is -4.83. The first kappa shape index (κ1) is 10.7. The minimum absolute atomic E-state index is 0.0811. The van der Waals surface area contributed by atoms with Gasteiger partial charge in [0, 0.05) is 0 Å². The lowest BCUT2D eigenvalue weighted by molar-refractivity contribution is -0.137. The Balaban J connectivity index is 2.92. The largest absolute Gasteiger partial charge is 0.452 e. The van der Waals surface area contributed by atoms with Crippen molar-refractivity contribution in [1.82, 2.24) is 0 Å². The van der Waals surface area contributed by atoms with Gasteiger partial charge in [0.1, 0.15) is 17.0 Å². The monoisotopic (exact) mass is 232 g/mol. The second kappa shape index (κ2) is 3.33. The Bertz CT molecular complexity index is 554. The summed E-state index contributed by atoms with van der Waals surface area (Å²) in [4.78, 5) is 10.4. The highest BCUT2D eigenvalue weighted by molar-refractivity contribution is 5.90. The Morgan fingerprint density at radius 3 is 2.50 bits per heavy atom. The maximum Gasteiger partial charge on any atom is 0.420 e. The minimum Gasteiger partial charge on any atom is -0.452 e. The van der Waals surface area contributed by atoms with E-state index in [1.54, 1.807) is 0 Å². The summed E-state index contributed by atoms with van der Waals surface area (Å²) in [5.74, 6) is -1.98. The van der Waals surface area contributed by atoms with Crippen LogP contribution in [0.3, 0.4) is 0 Å². The van der Waals surface area contributed by atoms with Gasteiger partial charge in [-0.05, 0) is 12.1 Å². The zero-order valence-electron chi connectivity index (χ0n) is 7.64. The van der Waals surface area contributed by atoms with E-state index in [0.717, 1.165) is 6.07 Å². The lowest BCUT2D eigenvalue weighted by Crippen LogP contribution is -2.07. The Hall–Kier alpha value is -1.85. The van der Waals surface area contributed by atoms with E-state index in [1.807, 2.05) is 0 Å². The van der Waals surface area contributed by atoms with E-state index in [1.165, 1.54) is 12.1 Å². The van der Waals surface area contributed by atoms with Crippen LogP contribution in [0, 0.1) is 5.82 Å². The summed E-state index contributed by atoms with van der Waals surface area (Å²) < 4.78 is 55.7. The van der Waals surface area contributed by atoms with Crippen molar-refractivity contribution in [2.45, 2.75) is 6.18 Å². The Labute approximate surface area is 86.5 Å². The van der Waals surface area contributed by atoms with Gasteiger partial charge in [0.15, 0.2) is 12.0 Å². The van der Waals surface area contributed by atoms with Gasteiger partial charge in [-0.15, -0.1) is 0 Å². The molecule has 0 unspecified atom stereocenters. The van der Waals surface area contributed by atoms with Gasteiger partial charge in [-0.25, -0.2) is 4.39 Å². The van der Waals surface area contributed by atoms with Gasteiger partial charge in [0.05, 0.1) is 5.39 Å². The molecule has 2 rings (SSSR count). The van der Waals surface area contributed by atoms with Crippen LogP contribution < -0.4 is 0 Å². The molecule has 16 heavy (non-hydrogen) atoms. The highest BCUT2D eigenvalue weighted by atomic mass is 19.4. The van der Waals surface area contributed by atoms with Crippen molar-refractivity contribution in [3.05, 3.63) is 35.3 Å². The number of carbonyl (C=O) groups excluding carboxylic acids is 1. The highest BCUT2D eigenvalue weighted by Gasteiger charge is 2.39. The molecule has 0 radical (unpaired) electrons. The predicted molar refractivity (Wildman–Crippen MR) is 46.6 cm³/mol. The van der Waals surface area contributed by atoms with Gasteiger partial charge in [-0.3, -0.25) is 4.79 Å². The van der Waals surface area contributed by atoms with Crippen molar-refractivity contribution in [2.24, 2.45) is 0 Å². The zero-order chi connectivity index (χ0) is 11.9. The van der Waals surface area contributed by atoms with Crippen molar-refractivity contribution < 1.29 is 26.8 Å². The van der Waals surface area contributed by atoms with Crippen LogP contribution in [-0.4, -0.2) is 6.29 Å². The van der Waals surface area contributed by atoms with E-state index in [9.17, 15) is 22.4 Å². The summed E-state index contributed by atoms with van der Waals surface area (Å²) in [6.07, 6.45) is -4.91. The molecule has 0 spiro atoms. The molecular formula is C10H4F4O2. The topological polar surface area (TPSA) is 30.2 Å². The van der Waals surface area contributed by atoms with Gasteiger partial charge < -0.3 is 4.42 Å². The number of fused-ring (bicyclic) bond motifs is 1. The molecule has 0 aliphatic heterocycles. The van der Waals surface area contributed by atoms with Gasteiger partial charge in [0.25, 0.3) is 0 Å². The third-order valence-corrected chi connectivity index (χ3v) is 2.08. The summed E-state index contributed by atoms with van der Waals surface area (Å²) in [6.45, 7) is 0. The molecular weight excluding hydrogens is 228 g/mol. The quantitative estimate of drug-likeness (QED) is 0.557. The normalized spacial score (nSPS) is 12.0. The maximum absolute atomic E-state index is 13.3. The second-order valence-corrected chi connectivity index (χ2v) is 3.07. The Kier molecular flexibility index (Phi) is 2.22. The molecule has 0 N–H and O–H groups in total. The standard InChI is InChI=1S/C10H4F4O2/c11-5-2-1-3-6-8(5)9(10(12,13)14)7(4-15)16-6/h1-4H. The third kappa shape index (κ3) is 1.46. The molecule has 2 aromatic rings. The Morgan fingerprint density at radius 1 is 1.25 bits per heavy atom. The molecule has 0 saturated carbocycles. The fourth-order valence-corrected chi connectivity index (χ4v) is 1.49. The Morgan fingerprint density at radius 2 is 1.94 bits per heavy atom. The van der Waals surface area contributed by atoms with Crippen LogP contribution in [0.2, 0.25) is 0 Å².